The highest BCUT2D eigenvalue weighted by Gasteiger charge is 2.08. The number of para-hydroxylation sites is 1. The summed E-state index contributed by atoms with van der Waals surface area (Å²) in [6.45, 7) is 0.205. The van der Waals surface area contributed by atoms with E-state index in [1.165, 1.54) is 23.7 Å². The maximum Gasteiger partial charge on any atom is 0.245 e. The zero-order chi connectivity index (χ0) is 16.4. The zero-order valence-electron chi connectivity index (χ0n) is 12.6. The van der Waals surface area contributed by atoms with E-state index in [4.69, 9.17) is 0 Å². The molecule has 1 N–H and O–H groups in total. The van der Waals surface area contributed by atoms with Gasteiger partial charge >= 0.3 is 0 Å². The number of hydrogen-bond acceptors (Lipinski definition) is 5. The molecule has 0 aliphatic rings. The highest BCUT2D eigenvalue weighted by atomic mass is 16.2. The SMILES string of the molecule is O=C(Cn1ccc2ccccc21)Nc1cc(-n2cncn2)ncn1. The van der Waals surface area contributed by atoms with Crippen LogP contribution in [0.5, 0.6) is 0 Å². The van der Waals surface area contributed by atoms with Gasteiger partial charge in [0.05, 0.1) is 0 Å². The Morgan fingerprint density at radius 1 is 1.12 bits per heavy atom. The van der Waals surface area contributed by atoms with E-state index in [0.717, 1.165) is 10.9 Å². The number of hydrogen-bond donors (Lipinski definition) is 1. The van der Waals surface area contributed by atoms with Crippen LogP contribution in [-0.4, -0.2) is 35.2 Å². The second-order valence-corrected chi connectivity index (χ2v) is 5.15. The zero-order valence-corrected chi connectivity index (χ0v) is 12.6. The molecule has 118 valence electrons. The van der Waals surface area contributed by atoms with E-state index < -0.39 is 0 Å². The van der Waals surface area contributed by atoms with E-state index in [-0.39, 0.29) is 12.5 Å². The molecule has 1 amide bonds. The van der Waals surface area contributed by atoms with Crippen LogP contribution >= 0.6 is 0 Å². The summed E-state index contributed by atoms with van der Waals surface area (Å²) in [5.74, 6) is 0.778. The molecule has 8 heteroatoms. The lowest BCUT2D eigenvalue weighted by molar-refractivity contribution is -0.116. The molecule has 1 aromatic carbocycles. The van der Waals surface area contributed by atoms with Gasteiger partial charge in [-0.15, -0.1) is 0 Å². The summed E-state index contributed by atoms with van der Waals surface area (Å²) in [5.41, 5.74) is 1.01. The molecule has 0 spiro atoms. The molecule has 0 aliphatic carbocycles. The monoisotopic (exact) mass is 319 g/mol. The Kier molecular flexibility index (Phi) is 3.47. The molecule has 4 aromatic rings. The second kappa shape index (κ2) is 5.92. The topological polar surface area (TPSA) is 90.5 Å². The third-order valence-corrected chi connectivity index (χ3v) is 3.57. The van der Waals surface area contributed by atoms with Crippen molar-refractivity contribution < 1.29 is 4.79 Å². The normalized spacial score (nSPS) is 10.8. The Morgan fingerprint density at radius 2 is 2.04 bits per heavy atom. The van der Waals surface area contributed by atoms with Gasteiger partial charge in [0.25, 0.3) is 0 Å². The molecule has 0 aliphatic heterocycles. The minimum atomic E-state index is -0.167. The molecular formula is C16H13N7O. The van der Waals surface area contributed by atoms with Gasteiger partial charge in [0, 0.05) is 17.8 Å². The fourth-order valence-electron chi connectivity index (χ4n) is 2.48. The van der Waals surface area contributed by atoms with Gasteiger partial charge in [-0.25, -0.2) is 19.6 Å². The van der Waals surface area contributed by atoms with Crippen LogP contribution in [0.4, 0.5) is 5.82 Å². The van der Waals surface area contributed by atoms with E-state index in [1.807, 2.05) is 41.1 Å². The highest BCUT2D eigenvalue weighted by Crippen LogP contribution is 2.15. The molecule has 3 aromatic heterocycles. The maximum atomic E-state index is 12.3. The van der Waals surface area contributed by atoms with Crippen molar-refractivity contribution >= 4 is 22.6 Å². The van der Waals surface area contributed by atoms with E-state index >= 15 is 0 Å². The summed E-state index contributed by atoms with van der Waals surface area (Å²) < 4.78 is 3.39. The van der Waals surface area contributed by atoms with Crippen molar-refractivity contribution in [2.75, 3.05) is 5.32 Å². The number of nitrogens with one attached hydrogen (secondary N) is 1. The van der Waals surface area contributed by atoms with Crippen LogP contribution in [0.15, 0.2) is 61.6 Å². The summed E-state index contributed by atoms with van der Waals surface area (Å²) in [6, 6.07) is 11.5. The Balaban J connectivity index is 1.51. The Bertz CT molecular complexity index is 991. The number of fused-ring (bicyclic) bond motifs is 1. The van der Waals surface area contributed by atoms with Crippen molar-refractivity contribution in [1.82, 2.24) is 29.3 Å². The lowest BCUT2D eigenvalue weighted by Gasteiger charge is -2.07. The fraction of sp³-hybridized carbons (Fsp3) is 0.0625. The first-order valence-corrected chi connectivity index (χ1v) is 7.30. The van der Waals surface area contributed by atoms with Gasteiger partial charge < -0.3 is 9.88 Å². The third kappa shape index (κ3) is 2.72. The molecule has 0 atom stereocenters. The first-order chi connectivity index (χ1) is 11.8. The van der Waals surface area contributed by atoms with Crippen LogP contribution in [0.3, 0.4) is 0 Å². The van der Waals surface area contributed by atoms with Gasteiger partial charge in [0.2, 0.25) is 5.91 Å². The Labute approximate surface area is 136 Å². The molecule has 0 saturated carbocycles. The molecule has 0 fully saturated rings. The van der Waals surface area contributed by atoms with Gasteiger partial charge in [-0.1, -0.05) is 18.2 Å². The molecule has 0 saturated heterocycles. The third-order valence-electron chi connectivity index (χ3n) is 3.57. The number of aromatic nitrogens is 6. The molecule has 0 bridgehead atoms. The minimum Gasteiger partial charge on any atom is -0.338 e. The first-order valence-electron chi connectivity index (χ1n) is 7.30. The molecule has 0 radical (unpaired) electrons. The maximum absolute atomic E-state index is 12.3. The molecule has 0 unspecified atom stereocenters. The number of rotatable bonds is 4. The van der Waals surface area contributed by atoms with Crippen molar-refractivity contribution in [2.24, 2.45) is 0 Å². The quantitative estimate of drug-likeness (QED) is 0.617. The number of anilines is 1. The number of nitrogens with zero attached hydrogens (tertiary/aromatic N) is 6. The van der Waals surface area contributed by atoms with Gasteiger partial charge in [-0.3, -0.25) is 4.79 Å². The second-order valence-electron chi connectivity index (χ2n) is 5.15. The molecular weight excluding hydrogens is 306 g/mol. The molecule has 24 heavy (non-hydrogen) atoms. The van der Waals surface area contributed by atoms with Crippen LogP contribution < -0.4 is 5.32 Å². The van der Waals surface area contributed by atoms with Crippen molar-refractivity contribution in [2.45, 2.75) is 6.54 Å². The standard InChI is InChI=1S/C16H13N7O/c24-16(8-22-6-5-12-3-1-2-4-13(12)22)21-14-7-15(19-10-18-14)23-11-17-9-20-23/h1-7,9-11H,8H2,(H,18,19,21,24). The van der Waals surface area contributed by atoms with Crippen molar-refractivity contribution in [3.63, 3.8) is 0 Å². The van der Waals surface area contributed by atoms with Crippen LogP contribution in [0.25, 0.3) is 16.7 Å². The van der Waals surface area contributed by atoms with E-state index in [1.54, 1.807) is 6.07 Å². The molecule has 8 nitrogen and oxygen atoms in total. The van der Waals surface area contributed by atoms with Crippen LogP contribution in [0.2, 0.25) is 0 Å². The van der Waals surface area contributed by atoms with Crippen LogP contribution in [0.1, 0.15) is 0 Å². The summed E-state index contributed by atoms with van der Waals surface area (Å²) in [7, 11) is 0. The van der Waals surface area contributed by atoms with Gasteiger partial charge in [0.1, 0.15) is 31.3 Å². The van der Waals surface area contributed by atoms with E-state index in [2.05, 4.69) is 25.4 Å². The predicted molar refractivity (Wildman–Crippen MR) is 87.5 cm³/mol. The van der Waals surface area contributed by atoms with Crippen molar-refractivity contribution in [3.8, 4) is 5.82 Å². The summed E-state index contributed by atoms with van der Waals surface area (Å²) in [5, 5.41) is 7.87. The lowest BCUT2D eigenvalue weighted by atomic mass is 10.2. The average Bonchev–Trinajstić information content (AvgIpc) is 3.26. The van der Waals surface area contributed by atoms with Crippen LogP contribution in [-0.2, 0) is 11.3 Å². The smallest absolute Gasteiger partial charge is 0.245 e. The van der Waals surface area contributed by atoms with Crippen molar-refractivity contribution in [1.29, 1.82) is 0 Å². The number of carbonyl (C=O) groups is 1. The molecule has 4 rings (SSSR count). The Hall–Kier alpha value is -3.55. The summed E-state index contributed by atoms with van der Waals surface area (Å²) in [6.07, 6.45) is 6.21. The van der Waals surface area contributed by atoms with Crippen LogP contribution in [0, 0.1) is 0 Å². The lowest BCUT2D eigenvalue weighted by Crippen LogP contribution is -2.19. The molecule has 3 heterocycles. The average molecular weight is 319 g/mol. The first kappa shape index (κ1) is 14.1. The van der Waals surface area contributed by atoms with E-state index in [9.17, 15) is 4.79 Å². The van der Waals surface area contributed by atoms with Gasteiger partial charge in [0.15, 0.2) is 5.82 Å². The summed E-state index contributed by atoms with van der Waals surface area (Å²) in [4.78, 5) is 24.3. The van der Waals surface area contributed by atoms with Gasteiger partial charge in [-0.05, 0) is 17.5 Å². The Morgan fingerprint density at radius 3 is 2.92 bits per heavy atom. The summed E-state index contributed by atoms with van der Waals surface area (Å²) >= 11 is 0. The fourth-order valence-corrected chi connectivity index (χ4v) is 2.48. The largest absolute Gasteiger partial charge is 0.338 e. The van der Waals surface area contributed by atoms with E-state index in [0.29, 0.717) is 11.6 Å². The van der Waals surface area contributed by atoms with Gasteiger partial charge in [-0.2, -0.15) is 5.10 Å². The number of carbonyl (C=O) groups excluding carboxylic acids is 1. The number of benzene rings is 1. The predicted octanol–water partition coefficient (Wildman–Crippen LogP) is 1.65. The minimum absolute atomic E-state index is 0.167. The number of amides is 1. The van der Waals surface area contributed by atoms with Crippen molar-refractivity contribution in [3.05, 3.63) is 61.6 Å². The highest BCUT2D eigenvalue weighted by molar-refractivity contribution is 5.91.